The number of amidine groups is 1. The van der Waals surface area contributed by atoms with Crippen molar-refractivity contribution in [1.82, 2.24) is 14.5 Å². The zero-order chi connectivity index (χ0) is 22.3. The molecule has 162 valence electrons. The second-order valence-electron chi connectivity index (χ2n) is 7.68. The largest absolute Gasteiger partial charge is 0.275 e. The number of fused-ring (bicyclic) bond motifs is 1. The Kier molecular flexibility index (Phi) is 5.38. The summed E-state index contributed by atoms with van der Waals surface area (Å²) in [4.78, 5) is 4.38. The van der Waals surface area contributed by atoms with E-state index in [9.17, 15) is 12.8 Å². The zero-order valence-electron chi connectivity index (χ0n) is 17.4. The number of aromatic nitrogens is 2. The van der Waals surface area contributed by atoms with Gasteiger partial charge < -0.3 is 0 Å². The lowest BCUT2D eigenvalue weighted by Crippen LogP contribution is -2.38. The maximum Gasteiger partial charge on any atom is 0.263 e. The summed E-state index contributed by atoms with van der Waals surface area (Å²) in [6, 6.07) is 8.40. The third-order valence-corrected chi connectivity index (χ3v) is 6.91. The van der Waals surface area contributed by atoms with Gasteiger partial charge in [-0.05, 0) is 42.3 Å². The topological polar surface area (TPSA) is 76.3 Å². The minimum Gasteiger partial charge on any atom is -0.275 e. The number of aliphatic imine (C=N–C) groups is 1. The molecule has 1 N–H and O–H groups in total. The molecule has 1 aromatic heterocycles. The van der Waals surface area contributed by atoms with Gasteiger partial charge in [-0.3, -0.25) is 14.4 Å². The van der Waals surface area contributed by atoms with Gasteiger partial charge in [0.15, 0.2) is 0 Å². The number of halogens is 2. The second kappa shape index (κ2) is 7.88. The standard InChI is InChI=1S/C22H22F2N4O2S/c1-13(18-12-28(3)26-14(18)2)22-17-10-21(25-11-15-5-4-6-16(23)9-15)27-31(29,30)20(17)8-7-19(22)24/h4-9,12-13H,10-11H2,1-3H3,(H,25,27)/t13-/m0/s1. The van der Waals surface area contributed by atoms with Crippen LogP contribution in [0.2, 0.25) is 0 Å². The Balaban J connectivity index is 1.77. The van der Waals surface area contributed by atoms with Crippen LogP contribution in [0.5, 0.6) is 0 Å². The molecule has 31 heavy (non-hydrogen) atoms. The maximum atomic E-state index is 15.0. The van der Waals surface area contributed by atoms with Crippen LogP contribution in [0, 0.1) is 18.6 Å². The Bertz CT molecular complexity index is 1300. The monoisotopic (exact) mass is 444 g/mol. The normalized spacial score (nSPS) is 17.3. The first-order valence-electron chi connectivity index (χ1n) is 9.77. The average molecular weight is 445 g/mol. The summed E-state index contributed by atoms with van der Waals surface area (Å²) in [6.45, 7) is 3.77. The fourth-order valence-corrected chi connectivity index (χ4v) is 5.35. The molecule has 2 heterocycles. The van der Waals surface area contributed by atoms with E-state index >= 15 is 4.39 Å². The van der Waals surface area contributed by atoms with Crippen LogP contribution in [0.15, 0.2) is 52.5 Å². The highest BCUT2D eigenvalue weighted by atomic mass is 32.2. The summed E-state index contributed by atoms with van der Waals surface area (Å²) in [7, 11) is -2.12. The van der Waals surface area contributed by atoms with E-state index in [0.29, 0.717) is 16.7 Å². The molecule has 3 aromatic rings. The van der Waals surface area contributed by atoms with Crippen LogP contribution in [0.3, 0.4) is 0 Å². The Hall–Kier alpha value is -3.07. The fourth-order valence-electron chi connectivity index (χ4n) is 4.04. The van der Waals surface area contributed by atoms with Gasteiger partial charge in [-0.2, -0.15) is 5.10 Å². The zero-order valence-corrected chi connectivity index (χ0v) is 18.2. The molecule has 1 aliphatic rings. The minimum atomic E-state index is -3.91. The van der Waals surface area contributed by atoms with Gasteiger partial charge in [0.1, 0.15) is 17.5 Å². The van der Waals surface area contributed by atoms with Crippen molar-refractivity contribution in [2.45, 2.75) is 37.6 Å². The second-order valence-corrected chi connectivity index (χ2v) is 9.33. The predicted octanol–water partition coefficient (Wildman–Crippen LogP) is 3.59. The number of nitrogens with zero attached hydrogens (tertiary/aromatic N) is 3. The van der Waals surface area contributed by atoms with Gasteiger partial charge in [-0.15, -0.1) is 0 Å². The van der Waals surface area contributed by atoms with E-state index in [-0.39, 0.29) is 23.7 Å². The Labute approximate surface area is 179 Å². The SMILES string of the molecule is Cc1nn(C)cc1[C@H](C)c1c(F)ccc2c1CC(=NCc1cccc(F)c1)NS2(=O)=O. The van der Waals surface area contributed by atoms with Crippen molar-refractivity contribution in [3.63, 3.8) is 0 Å². The van der Waals surface area contributed by atoms with E-state index < -0.39 is 27.6 Å². The van der Waals surface area contributed by atoms with Gasteiger partial charge in [-0.1, -0.05) is 19.1 Å². The molecule has 0 aliphatic carbocycles. The Morgan fingerprint density at radius 3 is 2.71 bits per heavy atom. The van der Waals surface area contributed by atoms with E-state index in [1.54, 1.807) is 23.9 Å². The summed E-state index contributed by atoms with van der Waals surface area (Å²) < 4.78 is 58.2. The molecule has 0 saturated heterocycles. The van der Waals surface area contributed by atoms with Crippen molar-refractivity contribution in [2.24, 2.45) is 12.0 Å². The fraction of sp³-hybridized carbons (Fsp3) is 0.273. The molecule has 4 rings (SSSR count). The van der Waals surface area contributed by atoms with Crippen LogP contribution >= 0.6 is 0 Å². The van der Waals surface area contributed by atoms with Gasteiger partial charge >= 0.3 is 0 Å². The number of sulfonamides is 1. The number of benzene rings is 2. The summed E-state index contributed by atoms with van der Waals surface area (Å²) >= 11 is 0. The van der Waals surface area contributed by atoms with Crippen LogP contribution in [-0.4, -0.2) is 24.0 Å². The Morgan fingerprint density at radius 1 is 1.26 bits per heavy atom. The lowest BCUT2D eigenvalue weighted by Gasteiger charge is -2.25. The van der Waals surface area contributed by atoms with E-state index in [4.69, 9.17) is 0 Å². The number of aryl methyl sites for hydroxylation is 2. The maximum absolute atomic E-state index is 15.0. The van der Waals surface area contributed by atoms with Gasteiger partial charge in [0, 0.05) is 36.7 Å². The van der Waals surface area contributed by atoms with Gasteiger partial charge in [0.05, 0.1) is 17.1 Å². The molecule has 0 spiro atoms. The van der Waals surface area contributed by atoms with Crippen LogP contribution in [0.25, 0.3) is 0 Å². The van der Waals surface area contributed by atoms with Crippen LogP contribution < -0.4 is 4.72 Å². The molecule has 0 saturated carbocycles. The molecule has 9 heteroatoms. The number of hydrogen-bond acceptors (Lipinski definition) is 4. The summed E-state index contributed by atoms with van der Waals surface area (Å²) in [6.07, 6.45) is 1.94. The van der Waals surface area contributed by atoms with Crippen LogP contribution in [0.1, 0.15) is 40.8 Å². The number of rotatable bonds is 4. The third-order valence-electron chi connectivity index (χ3n) is 5.44. The molecular weight excluding hydrogens is 422 g/mol. The van der Waals surface area contributed by atoms with Gasteiger partial charge in [-0.25, -0.2) is 17.2 Å². The first-order valence-corrected chi connectivity index (χ1v) is 11.3. The molecule has 2 aromatic carbocycles. The molecule has 1 aliphatic heterocycles. The molecular formula is C22H22F2N4O2S. The van der Waals surface area contributed by atoms with Crippen LogP contribution in [-0.2, 0) is 30.0 Å². The van der Waals surface area contributed by atoms with Crippen molar-refractivity contribution < 1.29 is 17.2 Å². The van der Waals surface area contributed by atoms with Crippen molar-refractivity contribution >= 4 is 15.9 Å². The van der Waals surface area contributed by atoms with E-state index in [0.717, 1.165) is 11.3 Å². The van der Waals surface area contributed by atoms with Gasteiger partial charge in [0.2, 0.25) is 0 Å². The smallest absolute Gasteiger partial charge is 0.263 e. The highest BCUT2D eigenvalue weighted by molar-refractivity contribution is 7.90. The van der Waals surface area contributed by atoms with Crippen molar-refractivity contribution in [3.8, 4) is 0 Å². The first kappa shape index (κ1) is 21.2. The lowest BCUT2D eigenvalue weighted by atomic mass is 9.88. The first-order chi connectivity index (χ1) is 14.7. The number of hydrogen-bond donors (Lipinski definition) is 1. The number of nitrogens with one attached hydrogen (secondary N) is 1. The molecule has 0 amide bonds. The van der Waals surface area contributed by atoms with E-state index in [2.05, 4.69) is 14.8 Å². The van der Waals surface area contributed by atoms with E-state index in [1.165, 1.54) is 24.3 Å². The molecule has 0 radical (unpaired) electrons. The molecule has 0 fully saturated rings. The summed E-state index contributed by atoms with van der Waals surface area (Å²) in [5.74, 6) is -1.08. The minimum absolute atomic E-state index is 0.0435. The molecule has 0 bridgehead atoms. The van der Waals surface area contributed by atoms with Crippen molar-refractivity contribution in [2.75, 3.05) is 0 Å². The highest BCUT2D eigenvalue weighted by Crippen LogP contribution is 2.35. The predicted molar refractivity (Wildman–Crippen MR) is 113 cm³/mol. The summed E-state index contributed by atoms with van der Waals surface area (Å²) in [5, 5.41) is 4.32. The van der Waals surface area contributed by atoms with Gasteiger partial charge in [0.25, 0.3) is 10.0 Å². The van der Waals surface area contributed by atoms with Crippen LogP contribution in [0.4, 0.5) is 8.78 Å². The average Bonchev–Trinajstić information content (AvgIpc) is 3.03. The van der Waals surface area contributed by atoms with Crippen molar-refractivity contribution in [1.29, 1.82) is 0 Å². The quantitative estimate of drug-likeness (QED) is 0.668. The molecule has 6 nitrogen and oxygen atoms in total. The third kappa shape index (κ3) is 4.10. The molecule has 0 unspecified atom stereocenters. The highest BCUT2D eigenvalue weighted by Gasteiger charge is 2.32. The lowest BCUT2D eigenvalue weighted by molar-refractivity contribution is 0.580. The Morgan fingerprint density at radius 2 is 2.03 bits per heavy atom. The van der Waals surface area contributed by atoms with Crippen molar-refractivity contribution in [3.05, 3.63) is 82.2 Å². The molecule has 1 atom stereocenters. The van der Waals surface area contributed by atoms with E-state index in [1.807, 2.05) is 20.0 Å². The summed E-state index contributed by atoms with van der Waals surface area (Å²) in [5.41, 5.74) is 2.88.